The maximum atomic E-state index is 14.2. The van der Waals surface area contributed by atoms with Gasteiger partial charge in [-0.2, -0.15) is 0 Å². The summed E-state index contributed by atoms with van der Waals surface area (Å²) in [6.07, 6.45) is 4.35. The number of rotatable bonds is 5. The van der Waals surface area contributed by atoms with Crippen LogP contribution in [0, 0.1) is 5.92 Å². The Labute approximate surface area is 281 Å². The van der Waals surface area contributed by atoms with Gasteiger partial charge in [0.25, 0.3) is 11.8 Å². The number of aromatic nitrogens is 3. The SMILES string of the molecule is COc1cc2[nH]c(C(=O)N3C[C@@H]4C[C@]45C3=CC(=O)c3[nH]c(C(=O)N4CCc6c4c(O)c(OC)c4[nH]c(C(=O)SC)cc64)cc35)cc2cc1O. The molecule has 2 amide bonds. The van der Waals surface area contributed by atoms with Gasteiger partial charge in [0.15, 0.2) is 23.0 Å². The Hall–Kier alpha value is -5.63. The number of carbonyl (C=O) groups excluding carboxylic acids is 4. The molecule has 14 heteroatoms. The summed E-state index contributed by atoms with van der Waals surface area (Å²) in [7, 11) is 2.86. The third kappa shape index (κ3) is 3.82. The van der Waals surface area contributed by atoms with Gasteiger partial charge >= 0.3 is 0 Å². The van der Waals surface area contributed by atoms with Gasteiger partial charge in [-0.3, -0.25) is 19.2 Å². The van der Waals surface area contributed by atoms with Crippen LogP contribution in [-0.2, 0) is 11.8 Å². The number of hydrogen-bond acceptors (Lipinski definition) is 9. The topological polar surface area (TPSA) is 181 Å². The highest BCUT2D eigenvalue weighted by Crippen LogP contribution is 2.67. The van der Waals surface area contributed by atoms with E-state index in [1.807, 2.05) is 0 Å². The number of fused-ring (bicyclic) bond motifs is 5. The van der Waals surface area contributed by atoms with Crippen molar-refractivity contribution in [2.45, 2.75) is 18.3 Å². The molecule has 2 atom stereocenters. The highest BCUT2D eigenvalue weighted by Gasteiger charge is 2.68. The molecule has 0 unspecified atom stereocenters. The van der Waals surface area contributed by atoms with Crippen molar-refractivity contribution >= 4 is 62.0 Å². The van der Waals surface area contributed by atoms with Crippen molar-refractivity contribution in [1.29, 1.82) is 0 Å². The molecule has 4 aliphatic rings. The molecule has 0 bridgehead atoms. The lowest BCUT2D eigenvalue weighted by molar-refractivity contribution is 0.0806. The zero-order valence-electron chi connectivity index (χ0n) is 26.5. The summed E-state index contributed by atoms with van der Waals surface area (Å²) >= 11 is 1.06. The summed E-state index contributed by atoms with van der Waals surface area (Å²) in [5.74, 6) is -0.833. The average Bonchev–Trinajstić information content (AvgIpc) is 3.73. The van der Waals surface area contributed by atoms with Crippen molar-refractivity contribution in [3.8, 4) is 23.0 Å². The molecule has 248 valence electrons. The van der Waals surface area contributed by atoms with Crippen LogP contribution in [0.15, 0.2) is 42.1 Å². The number of phenols is 2. The number of aromatic amines is 3. The number of aromatic hydroxyl groups is 2. The van der Waals surface area contributed by atoms with Gasteiger partial charge in [-0.05, 0) is 60.4 Å². The molecule has 13 nitrogen and oxygen atoms in total. The van der Waals surface area contributed by atoms with E-state index in [1.54, 1.807) is 35.4 Å². The molecular formula is C35H29N5O8S. The molecule has 3 aromatic heterocycles. The highest BCUT2D eigenvalue weighted by molar-refractivity contribution is 8.13. The quantitative estimate of drug-likeness (QED) is 0.177. The fraction of sp³-hybridized carbons (Fsp3) is 0.257. The number of allylic oxidation sites excluding steroid dienone is 2. The molecule has 2 aliphatic carbocycles. The lowest BCUT2D eigenvalue weighted by atomic mass is 9.85. The number of carbonyl (C=O) groups is 4. The average molecular weight is 680 g/mol. The molecule has 1 saturated heterocycles. The normalized spacial score (nSPS) is 20.3. The lowest BCUT2D eigenvalue weighted by Crippen LogP contribution is -2.33. The summed E-state index contributed by atoms with van der Waals surface area (Å²) < 4.78 is 10.7. The van der Waals surface area contributed by atoms with Crippen LogP contribution in [0.3, 0.4) is 0 Å². The number of methoxy groups -OCH3 is 2. The Kier molecular flexibility index (Phi) is 5.99. The molecule has 9 rings (SSSR count). The van der Waals surface area contributed by atoms with Crippen molar-refractivity contribution in [3.63, 3.8) is 0 Å². The number of benzene rings is 2. The first kappa shape index (κ1) is 29.5. The molecule has 1 spiro atoms. The first-order valence-electron chi connectivity index (χ1n) is 15.7. The second-order valence-electron chi connectivity index (χ2n) is 12.8. The monoisotopic (exact) mass is 679 g/mol. The molecular weight excluding hydrogens is 650 g/mol. The van der Waals surface area contributed by atoms with Gasteiger partial charge in [0, 0.05) is 52.6 Å². The number of piperidine rings is 1. The van der Waals surface area contributed by atoms with E-state index in [1.165, 1.54) is 31.3 Å². The van der Waals surface area contributed by atoms with Crippen LogP contribution in [0.1, 0.15) is 59.5 Å². The molecule has 5 aromatic rings. The summed E-state index contributed by atoms with van der Waals surface area (Å²) in [4.78, 5) is 66.4. The van der Waals surface area contributed by atoms with E-state index < -0.39 is 11.3 Å². The van der Waals surface area contributed by atoms with E-state index in [9.17, 15) is 29.4 Å². The maximum absolute atomic E-state index is 14.2. The van der Waals surface area contributed by atoms with Gasteiger partial charge in [-0.1, -0.05) is 11.8 Å². The number of hydrogen-bond donors (Lipinski definition) is 5. The molecule has 49 heavy (non-hydrogen) atoms. The second-order valence-corrected chi connectivity index (χ2v) is 13.6. The number of phenolic OH excluding ortho intramolecular Hbond substituents is 2. The Balaban J connectivity index is 1.05. The zero-order valence-corrected chi connectivity index (χ0v) is 27.3. The van der Waals surface area contributed by atoms with Gasteiger partial charge < -0.3 is 44.4 Å². The van der Waals surface area contributed by atoms with Crippen molar-refractivity contribution in [2.75, 3.05) is 38.5 Å². The van der Waals surface area contributed by atoms with Crippen LogP contribution < -0.4 is 14.4 Å². The maximum Gasteiger partial charge on any atom is 0.274 e. The van der Waals surface area contributed by atoms with Crippen LogP contribution in [0.4, 0.5) is 5.69 Å². The van der Waals surface area contributed by atoms with Gasteiger partial charge in [0.1, 0.15) is 11.4 Å². The molecule has 5 heterocycles. The van der Waals surface area contributed by atoms with Gasteiger partial charge in [-0.15, -0.1) is 0 Å². The molecule has 1 saturated carbocycles. The fourth-order valence-electron chi connectivity index (χ4n) is 8.19. The molecule has 2 aliphatic heterocycles. The fourth-order valence-corrected chi connectivity index (χ4v) is 8.52. The van der Waals surface area contributed by atoms with Crippen molar-refractivity contribution < 1.29 is 38.9 Å². The van der Waals surface area contributed by atoms with E-state index in [2.05, 4.69) is 15.0 Å². The van der Waals surface area contributed by atoms with Gasteiger partial charge in [0.2, 0.25) is 10.9 Å². The summed E-state index contributed by atoms with van der Waals surface area (Å²) in [6, 6.07) is 8.25. The van der Waals surface area contributed by atoms with E-state index in [-0.39, 0.29) is 58.0 Å². The third-order valence-electron chi connectivity index (χ3n) is 10.5. The van der Waals surface area contributed by atoms with Gasteiger partial charge in [0.05, 0.1) is 36.8 Å². The third-order valence-corrected chi connectivity index (χ3v) is 11.1. The number of nitrogens with one attached hydrogen (secondary N) is 3. The smallest absolute Gasteiger partial charge is 0.274 e. The van der Waals surface area contributed by atoms with Crippen LogP contribution in [0.25, 0.3) is 21.8 Å². The minimum absolute atomic E-state index is 0.0402. The number of amides is 2. The van der Waals surface area contributed by atoms with Crippen LogP contribution >= 0.6 is 11.8 Å². The van der Waals surface area contributed by atoms with Crippen molar-refractivity contribution in [1.82, 2.24) is 19.9 Å². The molecule has 2 fully saturated rings. The van der Waals surface area contributed by atoms with Gasteiger partial charge in [-0.25, -0.2) is 0 Å². The van der Waals surface area contributed by atoms with Crippen molar-refractivity contribution in [3.05, 3.63) is 76.0 Å². The first-order chi connectivity index (χ1) is 23.6. The number of anilines is 1. The Morgan fingerprint density at radius 2 is 1.73 bits per heavy atom. The summed E-state index contributed by atoms with van der Waals surface area (Å²) in [5, 5.41) is 22.7. The Morgan fingerprint density at radius 1 is 0.959 bits per heavy atom. The lowest BCUT2D eigenvalue weighted by Gasteiger charge is -2.27. The number of likely N-dealkylation sites (tertiary alicyclic amines) is 1. The standard InChI is InChI=1S/C35H29N5O8S/c1-47-25-10-19-14(7-23(25)41)6-20(36-19)33(45)40-13-15-12-35(15)18-9-21(37-28(18)24(42)11-26(35)40)32(44)39-5-4-16-17-8-22(34(46)49-3)38-27(17)31(48-2)30(43)29(16)39/h6-11,15,36-38,41,43H,4-5,12-13H2,1-3H3/t15-,35-/m0/s1. The Bertz CT molecular complexity index is 2400. The van der Waals surface area contributed by atoms with E-state index >= 15 is 0 Å². The minimum atomic E-state index is -0.576. The first-order valence-corrected chi connectivity index (χ1v) is 16.9. The molecule has 0 radical (unpaired) electrons. The van der Waals surface area contributed by atoms with Crippen LogP contribution in [0.5, 0.6) is 23.0 Å². The van der Waals surface area contributed by atoms with Crippen LogP contribution in [0.2, 0.25) is 0 Å². The van der Waals surface area contributed by atoms with E-state index in [0.29, 0.717) is 74.4 Å². The zero-order chi connectivity index (χ0) is 34.1. The van der Waals surface area contributed by atoms with E-state index in [4.69, 9.17) is 9.47 Å². The molecule has 2 aromatic carbocycles. The molecule has 5 N–H and O–H groups in total. The minimum Gasteiger partial charge on any atom is -0.504 e. The summed E-state index contributed by atoms with van der Waals surface area (Å²) in [5.41, 5.74) is 4.03. The second kappa shape index (κ2) is 9.95. The number of nitrogens with zero attached hydrogens (tertiary/aromatic N) is 2. The predicted molar refractivity (Wildman–Crippen MR) is 180 cm³/mol. The number of ether oxygens (including phenoxy) is 2. The predicted octanol–water partition coefficient (Wildman–Crippen LogP) is 4.61. The number of thioether (sulfide) groups is 1. The van der Waals surface area contributed by atoms with Crippen molar-refractivity contribution in [2.24, 2.45) is 5.92 Å². The number of ketones is 1. The summed E-state index contributed by atoms with van der Waals surface area (Å²) in [6.45, 7) is 0.683. The van der Waals surface area contributed by atoms with Crippen LogP contribution in [-0.4, -0.2) is 86.3 Å². The Morgan fingerprint density at radius 3 is 2.49 bits per heavy atom. The van der Waals surface area contributed by atoms with E-state index in [0.717, 1.165) is 18.2 Å². The largest absolute Gasteiger partial charge is 0.504 e. The highest BCUT2D eigenvalue weighted by atomic mass is 32.2. The number of H-pyrrole nitrogens is 3.